The summed E-state index contributed by atoms with van der Waals surface area (Å²) in [6, 6.07) is 8.35. The summed E-state index contributed by atoms with van der Waals surface area (Å²) in [6.45, 7) is 21.8. The van der Waals surface area contributed by atoms with E-state index < -0.39 is 23.9 Å². The molecule has 1 aromatic rings. The Kier molecular flexibility index (Phi) is 46.9. The Bertz CT molecular complexity index is 1390. The second kappa shape index (κ2) is 47.0. The molecule has 14 nitrogen and oxygen atoms in total. The molecule has 0 aromatic heterocycles. The molecule has 14 heteroatoms. The highest BCUT2D eigenvalue weighted by atomic mass is 16.2. The van der Waals surface area contributed by atoms with E-state index in [2.05, 4.69) is 90.9 Å². The van der Waals surface area contributed by atoms with Gasteiger partial charge in [-0.25, -0.2) is 0 Å². The summed E-state index contributed by atoms with van der Waals surface area (Å²) >= 11 is 0. The van der Waals surface area contributed by atoms with Crippen molar-refractivity contribution in [3.8, 4) is 0 Å². The number of rotatable bonds is 34. The van der Waals surface area contributed by atoms with Crippen LogP contribution in [0.25, 0.3) is 0 Å². The molecule has 0 saturated carbocycles. The Hall–Kier alpha value is -4.49. The largest absolute Gasteiger partial charge is 0.358 e. The van der Waals surface area contributed by atoms with Gasteiger partial charge in [-0.1, -0.05) is 137 Å². The lowest BCUT2D eigenvalue weighted by Gasteiger charge is -2.23. The SMILES string of the molecule is CC.CC.CCCCCC(=O)NCCCCC(NC(=O)CCCNC(=O)CCCCC(C)C)C(=O)N[C@@H](CCCCNC(=O)CCCCC(C)C)C(=O)NCC(=O)NC.Cc1ccccc1. The number of likely N-dealkylation sites (N-methyl/N-ethyl adjacent to an activating group) is 1. The molecule has 0 spiro atoms. The van der Waals surface area contributed by atoms with Crippen molar-refractivity contribution in [1.82, 2.24) is 37.2 Å². The van der Waals surface area contributed by atoms with E-state index >= 15 is 0 Å². The van der Waals surface area contributed by atoms with Crippen LogP contribution in [0.5, 0.6) is 0 Å². The smallest absolute Gasteiger partial charge is 0.243 e. The average Bonchev–Trinajstić information content (AvgIpc) is 3.30. The molecule has 0 bridgehead atoms. The minimum Gasteiger partial charge on any atom is -0.358 e. The minimum atomic E-state index is -0.971. The van der Waals surface area contributed by atoms with E-state index in [1.165, 1.54) is 12.6 Å². The maximum Gasteiger partial charge on any atom is 0.243 e. The van der Waals surface area contributed by atoms with E-state index in [1.54, 1.807) is 0 Å². The van der Waals surface area contributed by atoms with Crippen LogP contribution < -0.4 is 37.2 Å². The topological polar surface area (TPSA) is 204 Å². The fourth-order valence-corrected chi connectivity index (χ4v) is 6.35. The lowest BCUT2D eigenvalue weighted by Crippen LogP contribution is -2.54. The predicted molar refractivity (Wildman–Crippen MR) is 272 cm³/mol. The normalized spacial score (nSPS) is 11.2. The first kappa shape index (κ1) is 65.8. The van der Waals surface area contributed by atoms with Gasteiger partial charge in [-0.2, -0.15) is 0 Å². The van der Waals surface area contributed by atoms with E-state index in [0.29, 0.717) is 82.8 Å². The summed E-state index contributed by atoms with van der Waals surface area (Å²) in [5.74, 6) is -0.643. The standard InChI is InChI=1S/C41H77N7O7.C7H8.2C2H6/c1-7-8-9-23-35(49)43-28-17-15-22-34(47-38(52)26-18-29-45-37(51)25-13-11-20-32(4)5)41(55)48-33(40(54)46-30-39(53)42-6)21-14-16-27-44-36(50)24-12-10-19-31(2)3;1-7-5-3-2-4-6-7;2*1-2/h31-34H,7-30H2,1-6H3,(H,42,53)(H,43,49)(H,44,50)(H,45,51)(H,46,54)(H,47,52)(H,48,55);2-6H,1H3;2*1-2H3/t33-,34?;;;/m0.../s1. The van der Waals surface area contributed by atoms with Crippen LogP contribution in [-0.2, 0) is 33.6 Å². The third-order valence-electron chi connectivity index (χ3n) is 10.2. The van der Waals surface area contributed by atoms with Crippen molar-refractivity contribution >= 4 is 41.4 Å². The molecule has 1 unspecified atom stereocenters. The van der Waals surface area contributed by atoms with Gasteiger partial charge in [-0.3, -0.25) is 33.6 Å². The average molecular weight is 932 g/mol. The predicted octanol–water partition coefficient (Wildman–Crippen LogP) is 8.35. The van der Waals surface area contributed by atoms with Crippen molar-refractivity contribution in [2.45, 2.75) is 210 Å². The number of benzene rings is 1. The molecule has 7 N–H and O–H groups in total. The van der Waals surface area contributed by atoms with Gasteiger partial charge in [-0.05, 0) is 83.0 Å². The Morgan fingerprint density at radius 3 is 1.27 bits per heavy atom. The molecule has 0 aliphatic heterocycles. The first-order chi connectivity index (χ1) is 31.7. The van der Waals surface area contributed by atoms with Crippen molar-refractivity contribution in [2.75, 3.05) is 33.2 Å². The van der Waals surface area contributed by atoms with Gasteiger partial charge in [0.2, 0.25) is 41.4 Å². The fourth-order valence-electron chi connectivity index (χ4n) is 6.35. The number of carbonyl (C=O) groups excluding carboxylic acids is 7. The molecule has 1 rings (SSSR count). The van der Waals surface area contributed by atoms with Crippen LogP contribution in [-0.4, -0.2) is 86.7 Å². The Balaban J connectivity index is -0.00000319. The van der Waals surface area contributed by atoms with E-state index in [4.69, 9.17) is 0 Å². The molecule has 0 aliphatic carbocycles. The van der Waals surface area contributed by atoms with Crippen LogP contribution in [0, 0.1) is 18.8 Å². The minimum absolute atomic E-state index is 0.00828. The van der Waals surface area contributed by atoms with Gasteiger partial charge in [0.05, 0.1) is 6.54 Å². The second-order valence-electron chi connectivity index (χ2n) is 17.1. The molecule has 66 heavy (non-hydrogen) atoms. The molecular formula is C52H97N7O7. The third kappa shape index (κ3) is 43.4. The second-order valence-corrected chi connectivity index (χ2v) is 17.1. The van der Waals surface area contributed by atoms with Gasteiger partial charge in [0, 0.05) is 52.4 Å². The van der Waals surface area contributed by atoms with Gasteiger partial charge in [-0.15, -0.1) is 0 Å². The summed E-state index contributed by atoms with van der Waals surface area (Å²) in [5, 5.41) is 19.3. The van der Waals surface area contributed by atoms with Gasteiger partial charge >= 0.3 is 0 Å². The lowest BCUT2D eigenvalue weighted by atomic mass is 10.0. The summed E-state index contributed by atoms with van der Waals surface area (Å²) in [6.07, 6.45) is 13.4. The van der Waals surface area contributed by atoms with E-state index in [0.717, 1.165) is 57.8 Å². The third-order valence-corrected chi connectivity index (χ3v) is 10.2. The number of nitrogens with one attached hydrogen (secondary N) is 7. The number of amides is 7. The van der Waals surface area contributed by atoms with Crippen molar-refractivity contribution in [3.05, 3.63) is 35.9 Å². The fraction of sp³-hybridized carbons (Fsp3) is 0.750. The Morgan fingerprint density at radius 1 is 0.455 bits per heavy atom. The molecule has 0 aliphatic rings. The Labute approximate surface area is 401 Å². The Morgan fingerprint density at radius 2 is 0.864 bits per heavy atom. The number of hydrogen-bond acceptors (Lipinski definition) is 7. The van der Waals surface area contributed by atoms with Crippen molar-refractivity contribution in [1.29, 1.82) is 0 Å². The van der Waals surface area contributed by atoms with Crippen LogP contribution >= 0.6 is 0 Å². The molecule has 382 valence electrons. The summed E-state index contributed by atoms with van der Waals surface area (Å²) in [4.78, 5) is 88.2. The van der Waals surface area contributed by atoms with E-state index in [9.17, 15) is 33.6 Å². The first-order valence-electron chi connectivity index (χ1n) is 25.6. The van der Waals surface area contributed by atoms with Crippen LogP contribution in [0.3, 0.4) is 0 Å². The molecule has 1 aromatic carbocycles. The molecule has 0 saturated heterocycles. The highest BCUT2D eigenvalue weighted by molar-refractivity contribution is 5.93. The lowest BCUT2D eigenvalue weighted by molar-refractivity contribution is -0.133. The monoisotopic (exact) mass is 932 g/mol. The van der Waals surface area contributed by atoms with E-state index in [1.807, 2.05) is 45.9 Å². The first-order valence-corrected chi connectivity index (χ1v) is 25.6. The maximum absolute atomic E-state index is 13.7. The van der Waals surface area contributed by atoms with Gasteiger partial charge in [0.15, 0.2) is 0 Å². The number of hydrogen-bond donors (Lipinski definition) is 7. The summed E-state index contributed by atoms with van der Waals surface area (Å²) < 4.78 is 0. The van der Waals surface area contributed by atoms with Crippen LogP contribution in [0.2, 0.25) is 0 Å². The van der Waals surface area contributed by atoms with Gasteiger partial charge in [0.25, 0.3) is 0 Å². The molecule has 0 fully saturated rings. The zero-order valence-electron chi connectivity index (χ0n) is 43.5. The van der Waals surface area contributed by atoms with Crippen molar-refractivity contribution in [3.63, 3.8) is 0 Å². The maximum atomic E-state index is 13.7. The number of unbranched alkanes of at least 4 members (excludes halogenated alkanes) is 6. The molecule has 2 atom stereocenters. The summed E-state index contributed by atoms with van der Waals surface area (Å²) in [7, 11) is 1.46. The number of carbonyl (C=O) groups is 7. The highest BCUT2D eigenvalue weighted by Crippen LogP contribution is 2.10. The highest BCUT2D eigenvalue weighted by Gasteiger charge is 2.27. The van der Waals surface area contributed by atoms with E-state index in [-0.39, 0.29) is 55.3 Å². The number of aryl methyl sites for hydroxylation is 1. The van der Waals surface area contributed by atoms with Crippen LogP contribution in [0.15, 0.2) is 30.3 Å². The van der Waals surface area contributed by atoms with Gasteiger partial charge < -0.3 is 37.2 Å². The quantitative estimate of drug-likeness (QED) is 0.0336. The molecule has 0 heterocycles. The molecule has 7 amide bonds. The van der Waals surface area contributed by atoms with Crippen LogP contribution in [0.1, 0.15) is 196 Å². The molecule has 0 radical (unpaired) electrons. The van der Waals surface area contributed by atoms with Crippen LogP contribution in [0.4, 0.5) is 0 Å². The van der Waals surface area contributed by atoms with Gasteiger partial charge in [0.1, 0.15) is 12.1 Å². The zero-order chi connectivity index (χ0) is 50.4. The molecular weight excluding hydrogens is 835 g/mol. The zero-order valence-corrected chi connectivity index (χ0v) is 43.5. The summed E-state index contributed by atoms with van der Waals surface area (Å²) in [5.41, 5.74) is 1.32. The van der Waals surface area contributed by atoms with Crippen molar-refractivity contribution < 1.29 is 33.6 Å². The van der Waals surface area contributed by atoms with Crippen molar-refractivity contribution in [2.24, 2.45) is 11.8 Å².